The summed E-state index contributed by atoms with van der Waals surface area (Å²) in [5.41, 5.74) is 7.03. The number of H-pyrrole nitrogens is 1. The lowest BCUT2D eigenvalue weighted by atomic mass is 10.2. The van der Waals surface area contributed by atoms with Crippen molar-refractivity contribution in [3.8, 4) is 5.69 Å². The Labute approximate surface area is 116 Å². The van der Waals surface area contributed by atoms with E-state index >= 15 is 0 Å². The van der Waals surface area contributed by atoms with E-state index < -0.39 is 17.5 Å². The summed E-state index contributed by atoms with van der Waals surface area (Å²) < 4.78 is 41.1. The summed E-state index contributed by atoms with van der Waals surface area (Å²) in [6.45, 7) is 0. The number of nitrogens with zero attached hydrogens (tertiary/aromatic N) is 3. The van der Waals surface area contributed by atoms with Crippen molar-refractivity contribution >= 4 is 16.9 Å². The van der Waals surface area contributed by atoms with E-state index in [9.17, 15) is 13.2 Å². The molecule has 1 fully saturated rings. The maximum atomic E-state index is 13.4. The Morgan fingerprint density at radius 2 is 1.86 bits per heavy atom. The normalized spacial score (nSPS) is 15.0. The van der Waals surface area contributed by atoms with Crippen LogP contribution in [0.25, 0.3) is 16.7 Å². The van der Waals surface area contributed by atoms with Gasteiger partial charge < -0.3 is 5.73 Å². The molecule has 1 saturated carbocycles. The largest absolute Gasteiger partial charge is 0.383 e. The highest BCUT2D eigenvalue weighted by atomic mass is 19.2. The number of nitrogen functional groups attached to an aromatic ring is 1. The van der Waals surface area contributed by atoms with Gasteiger partial charge >= 0.3 is 0 Å². The first kappa shape index (κ1) is 12.2. The Kier molecular flexibility index (Phi) is 2.33. The zero-order valence-electron chi connectivity index (χ0n) is 10.7. The van der Waals surface area contributed by atoms with Crippen LogP contribution in [0.2, 0.25) is 0 Å². The van der Waals surface area contributed by atoms with E-state index in [1.807, 2.05) is 0 Å². The van der Waals surface area contributed by atoms with Crippen LogP contribution in [0.5, 0.6) is 0 Å². The summed E-state index contributed by atoms with van der Waals surface area (Å²) in [7, 11) is 0. The summed E-state index contributed by atoms with van der Waals surface area (Å²) in [6, 6.07) is 1.76. The van der Waals surface area contributed by atoms with E-state index in [1.54, 1.807) is 0 Å². The minimum absolute atomic E-state index is 0.0646. The molecule has 21 heavy (non-hydrogen) atoms. The van der Waals surface area contributed by atoms with Crippen molar-refractivity contribution in [3.63, 3.8) is 0 Å². The number of nitrogens with one attached hydrogen (secondary N) is 1. The molecule has 1 aliphatic carbocycles. The van der Waals surface area contributed by atoms with E-state index in [1.165, 1.54) is 4.68 Å². The number of aromatic amines is 1. The zero-order chi connectivity index (χ0) is 14.7. The van der Waals surface area contributed by atoms with Crippen LogP contribution in [0.1, 0.15) is 24.5 Å². The van der Waals surface area contributed by atoms with E-state index in [0.717, 1.165) is 30.7 Å². The number of aromatic nitrogens is 4. The summed E-state index contributed by atoms with van der Waals surface area (Å²) in [5.74, 6) is -3.41. The lowest BCUT2D eigenvalue weighted by Crippen LogP contribution is -2.02. The third kappa shape index (κ3) is 1.71. The lowest BCUT2D eigenvalue weighted by Gasteiger charge is -2.03. The molecule has 0 saturated heterocycles. The fourth-order valence-electron chi connectivity index (χ4n) is 2.44. The second-order valence-corrected chi connectivity index (χ2v) is 5.13. The lowest BCUT2D eigenvalue weighted by molar-refractivity contribution is 0.446. The van der Waals surface area contributed by atoms with Crippen LogP contribution < -0.4 is 5.73 Å². The van der Waals surface area contributed by atoms with Crippen molar-refractivity contribution in [3.05, 3.63) is 35.3 Å². The van der Waals surface area contributed by atoms with Gasteiger partial charge in [0.25, 0.3) is 0 Å². The molecule has 108 valence electrons. The van der Waals surface area contributed by atoms with E-state index in [0.29, 0.717) is 16.9 Å². The summed E-state index contributed by atoms with van der Waals surface area (Å²) in [5, 5.41) is 11.7. The molecule has 3 aromatic rings. The molecule has 3 N–H and O–H groups in total. The average Bonchev–Trinajstić information content (AvgIpc) is 3.12. The molecule has 0 aliphatic heterocycles. The van der Waals surface area contributed by atoms with Crippen molar-refractivity contribution in [1.29, 1.82) is 0 Å². The Hall–Kier alpha value is -2.51. The molecule has 0 unspecified atom stereocenters. The monoisotopic (exact) mass is 293 g/mol. The summed E-state index contributed by atoms with van der Waals surface area (Å²) >= 11 is 0. The Balaban J connectivity index is 1.98. The summed E-state index contributed by atoms with van der Waals surface area (Å²) in [4.78, 5) is 0. The maximum absolute atomic E-state index is 13.4. The standard InChI is InChI=1S/C13H10F3N5/c14-7-3-6(4-8(15)10(7)16)21-13-9(12(17)18-19-13)11(20-21)5-1-2-5/h3-5H,1-2H2,(H3,17,18,19). The van der Waals surface area contributed by atoms with E-state index in [2.05, 4.69) is 15.3 Å². The predicted molar refractivity (Wildman–Crippen MR) is 69.5 cm³/mol. The van der Waals surface area contributed by atoms with Crippen LogP contribution >= 0.6 is 0 Å². The van der Waals surface area contributed by atoms with Gasteiger partial charge in [0.15, 0.2) is 23.1 Å². The van der Waals surface area contributed by atoms with Crippen LogP contribution in [0, 0.1) is 17.5 Å². The first-order valence-corrected chi connectivity index (χ1v) is 6.43. The van der Waals surface area contributed by atoms with Crippen molar-refractivity contribution in [2.75, 3.05) is 5.73 Å². The average molecular weight is 293 g/mol. The number of rotatable bonds is 2. The first-order valence-electron chi connectivity index (χ1n) is 6.43. The number of halogens is 3. The highest BCUT2D eigenvalue weighted by molar-refractivity contribution is 5.90. The number of fused-ring (bicyclic) bond motifs is 1. The third-order valence-corrected chi connectivity index (χ3v) is 3.62. The highest BCUT2D eigenvalue weighted by Crippen LogP contribution is 2.43. The number of hydrogen-bond donors (Lipinski definition) is 2. The molecule has 2 heterocycles. The molecule has 0 atom stereocenters. The molecule has 2 aromatic heterocycles. The minimum Gasteiger partial charge on any atom is -0.383 e. The Bertz CT molecular complexity index is 839. The minimum atomic E-state index is -1.51. The van der Waals surface area contributed by atoms with Gasteiger partial charge in [-0.25, -0.2) is 17.9 Å². The predicted octanol–water partition coefficient (Wildman–Crippen LogP) is 2.63. The zero-order valence-corrected chi connectivity index (χ0v) is 10.7. The molecule has 5 nitrogen and oxygen atoms in total. The van der Waals surface area contributed by atoms with Crippen LogP contribution in [0.3, 0.4) is 0 Å². The molecule has 0 spiro atoms. The number of anilines is 1. The number of nitrogens with two attached hydrogens (primary N) is 1. The third-order valence-electron chi connectivity index (χ3n) is 3.62. The molecule has 4 rings (SSSR count). The second-order valence-electron chi connectivity index (χ2n) is 5.13. The molecule has 8 heteroatoms. The van der Waals surface area contributed by atoms with Crippen molar-refractivity contribution in [2.45, 2.75) is 18.8 Å². The maximum Gasteiger partial charge on any atom is 0.194 e. The van der Waals surface area contributed by atoms with Gasteiger partial charge in [-0.05, 0) is 12.8 Å². The number of hydrogen-bond acceptors (Lipinski definition) is 3. The van der Waals surface area contributed by atoms with Crippen molar-refractivity contribution in [2.24, 2.45) is 0 Å². The topological polar surface area (TPSA) is 72.5 Å². The van der Waals surface area contributed by atoms with Gasteiger partial charge in [0.05, 0.1) is 16.8 Å². The van der Waals surface area contributed by atoms with Crippen LogP contribution in [-0.4, -0.2) is 20.0 Å². The van der Waals surface area contributed by atoms with E-state index in [-0.39, 0.29) is 11.6 Å². The van der Waals surface area contributed by atoms with Crippen molar-refractivity contribution < 1.29 is 13.2 Å². The molecule has 1 aliphatic rings. The Morgan fingerprint density at radius 3 is 2.48 bits per heavy atom. The smallest absolute Gasteiger partial charge is 0.194 e. The first-order chi connectivity index (χ1) is 10.1. The van der Waals surface area contributed by atoms with Gasteiger partial charge in [-0.15, -0.1) is 0 Å². The summed E-state index contributed by atoms with van der Waals surface area (Å²) in [6.07, 6.45) is 1.98. The van der Waals surface area contributed by atoms with Gasteiger partial charge in [-0.1, -0.05) is 0 Å². The van der Waals surface area contributed by atoms with E-state index in [4.69, 9.17) is 5.73 Å². The van der Waals surface area contributed by atoms with Crippen molar-refractivity contribution in [1.82, 2.24) is 20.0 Å². The molecular formula is C13H10F3N5. The molecule has 0 radical (unpaired) electrons. The van der Waals surface area contributed by atoms with Crippen LogP contribution in [0.15, 0.2) is 12.1 Å². The Morgan fingerprint density at radius 1 is 1.19 bits per heavy atom. The van der Waals surface area contributed by atoms with Crippen LogP contribution in [-0.2, 0) is 0 Å². The van der Waals surface area contributed by atoms with Gasteiger partial charge in [-0.3, -0.25) is 5.10 Å². The molecule has 0 amide bonds. The molecule has 1 aromatic carbocycles. The van der Waals surface area contributed by atoms with Gasteiger partial charge in [-0.2, -0.15) is 10.2 Å². The van der Waals surface area contributed by atoms with Gasteiger partial charge in [0, 0.05) is 18.1 Å². The second kappa shape index (κ2) is 4.00. The molecular weight excluding hydrogens is 283 g/mol. The quantitative estimate of drug-likeness (QED) is 0.713. The highest BCUT2D eigenvalue weighted by Gasteiger charge is 2.31. The number of benzene rings is 1. The fraction of sp³-hybridized carbons (Fsp3) is 0.231. The SMILES string of the molecule is Nc1[nH]nc2c1c(C1CC1)nn2-c1cc(F)c(F)c(F)c1. The molecule has 0 bridgehead atoms. The van der Waals surface area contributed by atoms with Crippen LogP contribution in [0.4, 0.5) is 19.0 Å². The van der Waals surface area contributed by atoms with Gasteiger partial charge in [0.1, 0.15) is 5.82 Å². The van der Waals surface area contributed by atoms with Gasteiger partial charge in [0.2, 0.25) is 0 Å². The fourth-order valence-corrected chi connectivity index (χ4v) is 2.44.